The van der Waals surface area contributed by atoms with Crippen LogP contribution >= 0.6 is 0 Å². The molecule has 36 heavy (non-hydrogen) atoms. The molecule has 0 heterocycles. The number of esters is 2. The summed E-state index contributed by atoms with van der Waals surface area (Å²) in [7, 11) is 0. The summed E-state index contributed by atoms with van der Waals surface area (Å²) in [4.78, 5) is 38.5. The van der Waals surface area contributed by atoms with Gasteiger partial charge in [0, 0.05) is 24.2 Å². The first kappa shape index (κ1) is 27.3. The van der Waals surface area contributed by atoms with E-state index < -0.39 is 64.6 Å². The van der Waals surface area contributed by atoms with Crippen LogP contribution in [0.3, 0.4) is 0 Å². The number of hydrogen-bond donors (Lipinski definition) is 3. The number of hydrogen-bond acceptors (Lipinski definition) is 8. The minimum Gasteiger partial charge on any atom is -0.458 e. The average molecular weight is 507 g/mol. The molecule has 8 heteroatoms. The molecule has 4 aliphatic rings. The smallest absolute Gasteiger partial charge is 0.335 e. The van der Waals surface area contributed by atoms with E-state index in [1.807, 2.05) is 0 Å². The molecule has 0 aliphatic heterocycles. The number of allylic oxidation sites excluding steroid dienone is 1. The van der Waals surface area contributed by atoms with E-state index in [4.69, 9.17) is 9.47 Å². The highest BCUT2D eigenvalue weighted by atomic mass is 16.6. The van der Waals surface area contributed by atoms with Crippen LogP contribution in [0.25, 0.3) is 0 Å². The quantitative estimate of drug-likeness (QED) is 0.383. The minimum absolute atomic E-state index is 0.113. The van der Waals surface area contributed by atoms with Crippen LogP contribution in [0.2, 0.25) is 0 Å². The Balaban J connectivity index is 1.91. The number of aliphatic hydroxyl groups is 3. The number of carbonyl (C=O) groups is 3. The van der Waals surface area contributed by atoms with Crippen molar-refractivity contribution in [3.05, 3.63) is 11.6 Å². The summed E-state index contributed by atoms with van der Waals surface area (Å²) in [5.41, 5.74) is -1.98. The lowest BCUT2D eigenvalue weighted by Crippen LogP contribution is -2.72. The van der Waals surface area contributed by atoms with Crippen LogP contribution in [0.4, 0.5) is 0 Å². The molecule has 0 aromatic heterocycles. The zero-order valence-corrected chi connectivity index (χ0v) is 22.3. The van der Waals surface area contributed by atoms with Gasteiger partial charge in [0.25, 0.3) is 0 Å². The fourth-order valence-corrected chi connectivity index (χ4v) is 8.26. The molecule has 3 fully saturated rings. The predicted molar refractivity (Wildman–Crippen MR) is 130 cm³/mol. The van der Waals surface area contributed by atoms with Crippen LogP contribution in [0.1, 0.15) is 80.1 Å². The Hall–Kier alpha value is -1.77. The molecule has 10 atom stereocenters. The van der Waals surface area contributed by atoms with Crippen molar-refractivity contribution in [2.24, 2.45) is 34.5 Å². The molecule has 0 bridgehead atoms. The summed E-state index contributed by atoms with van der Waals surface area (Å²) in [6, 6.07) is 0. The zero-order chi connectivity index (χ0) is 26.8. The van der Waals surface area contributed by atoms with E-state index in [0.29, 0.717) is 38.5 Å². The predicted octanol–water partition coefficient (Wildman–Crippen LogP) is 2.71. The Morgan fingerprint density at radius 3 is 2.33 bits per heavy atom. The number of fused-ring (bicyclic) bond motifs is 5. The second-order valence-electron chi connectivity index (χ2n) is 12.4. The van der Waals surface area contributed by atoms with Gasteiger partial charge in [0.1, 0.15) is 18.0 Å². The van der Waals surface area contributed by atoms with Crippen LogP contribution in [0.15, 0.2) is 11.6 Å². The van der Waals surface area contributed by atoms with Crippen molar-refractivity contribution >= 4 is 17.7 Å². The third-order valence-electron chi connectivity index (χ3n) is 10.2. The second-order valence-corrected chi connectivity index (χ2v) is 12.4. The molecule has 0 amide bonds. The van der Waals surface area contributed by atoms with Crippen molar-refractivity contribution in [3.8, 4) is 0 Å². The maximum Gasteiger partial charge on any atom is 0.335 e. The van der Waals surface area contributed by atoms with Gasteiger partial charge in [-0.1, -0.05) is 39.3 Å². The number of Topliss-reactive ketones (excluding diaryl/α,β-unsaturated/α-hetero) is 1. The normalized spacial score (nSPS) is 44.6. The molecule has 0 spiro atoms. The molecule has 4 rings (SSSR count). The summed E-state index contributed by atoms with van der Waals surface area (Å²) in [6.07, 6.45) is 1.28. The first-order valence-electron chi connectivity index (χ1n) is 13.3. The first-order valence-corrected chi connectivity index (χ1v) is 13.3. The highest BCUT2D eigenvalue weighted by Crippen LogP contribution is 2.69. The van der Waals surface area contributed by atoms with Crippen LogP contribution in [0.5, 0.6) is 0 Å². The molecule has 3 N–H and O–H groups in total. The first-order chi connectivity index (χ1) is 16.7. The van der Waals surface area contributed by atoms with Crippen LogP contribution in [-0.4, -0.2) is 63.1 Å². The average Bonchev–Trinajstić information content (AvgIpc) is 3.07. The van der Waals surface area contributed by atoms with Gasteiger partial charge in [-0.2, -0.15) is 0 Å². The van der Waals surface area contributed by atoms with Crippen molar-refractivity contribution in [3.63, 3.8) is 0 Å². The maximum atomic E-state index is 13.1. The Bertz CT molecular complexity index is 957. The van der Waals surface area contributed by atoms with Crippen molar-refractivity contribution in [1.82, 2.24) is 0 Å². The summed E-state index contributed by atoms with van der Waals surface area (Å²) < 4.78 is 12.0. The topological polar surface area (TPSA) is 130 Å². The second kappa shape index (κ2) is 9.21. The van der Waals surface area contributed by atoms with E-state index in [1.165, 1.54) is 13.8 Å². The van der Waals surface area contributed by atoms with E-state index in [2.05, 4.69) is 13.0 Å². The summed E-state index contributed by atoms with van der Waals surface area (Å²) >= 11 is 0. The van der Waals surface area contributed by atoms with E-state index in [-0.39, 0.29) is 17.6 Å². The van der Waals surface area contributed by atoms with Crippen LogP contribution < -0.4 is 0 Å². The Labute approximate surface area is 213 Å². The molecule has 0 radical (unpaired) electrons. The monoisotopic (exact) mass is 506 g/mol. The number of rotatable bonds is 5. The van der Waals surface area contributed by atoms with Gasteiger partial charge in [-0.05, 0) is 62.7 Å². The number of aliphatic hydroxyl groups excluding tert-OH is 2. The van der Waals surface area contributed by atoms with Gasteiger partial charge in [0.05, 0.1) is 11.7 Å². The fourth-order valence-electron chi connectivity index (χ4n) is 8.26. The number of carbonyl (C=O) groups excluding carboxylic acids is 3. The summed E-state index contributed by atoms with van der Waals surface area (Å²) in [5.74, 6) is -3.21. The van der Waals surface area contributed by atoms with Gasteiger partial charge >= 0.3 is 11.9 Å². The van der Waals surface area contributed by atoms with E-state index in [0.717, 1.165) is 5.57 Å². The summed E-state index contributed by atoms with van der Waals surface area (Å²) in [6.45, 7) is 10.1. The molecular formula is C28H42O8. The van der Waals surface area contributed by atoms with Gasteiger partial charge in [-0.25, -0.2) is 4.79 Å². The van der Waals surface area contributed by atoms with Gasteiger partial charge < -0.3 is 24.8 Å². The lowest BCUT2D eigenvalue weighted by molar-refractivity contribution is -0.276. The number of ether oxygens (including phenoxy) is 2. The molecule has 8 nitrogen and oxygen atoms in total. The van der Waals surface area contributed by atoms with Gasteiger partial charge in [0.2, 0.25) is 0 Å². The highest BCUT2D eigenvalue weighted by molar-refractivity contribution is 5.80. The Morgan fingerprint density at radius 1 is 1.08 bits per heavy atom. The molecule has 0 aromatic rings. The van der Waals surface area contributed by atoms with Gasteiger partial charge in [-0.3, -0.25) is 9.59 Å². The number of ketones is 1. The van der Waals surface area contributed by atoms with E-state index in [9.17, 15) is 29.7 Å². The summed E-state index contributed by atoms with van der Waals surface area (Å²) in [5, 5.41) is 33.4. The lowest BCUT2D eigenvalue weighted by atomic mass is 9.44. The third kappa shape index (κ3) is 3.86. The molecular weight excluding hydrogens is 464 g/mol. The fraction of sp³-hybridized carbons (Fsp3) is 0.821. The Morgan fingerprint density at radius 2 is 1.75 bits per heavy atom. The van der Waals surface area contributed by atoms with E-state index in [1.54, 1.807) is 20.8 Å². The highest BCUT2D eigenvalue weighted by Gasteiger charge is 2.75. The van der Waals surface area contributed by atoms with Crippen molar-refractivity contribution < 1.29 is 39.2 Å². The zero-order valence-electron chi connectivity index (χ0n) is 22.3. The minimum atomic E-state index is -1.39. The maximum absolute atomic E-state index is 13.1. The molecule has 4 aliphatic carbocycles. The van der Waals surface area contributed by atoms with Crippen molar-refractivity contribution in [1.29, 1.82) is 0 Å². The van der Waals surface area contributed by atoms with Crippen LogP contribution in [-0.2, 0) is 23.9 Å². The van der Waals surface area contributed by atoms with Crippen molar-refractivity contribution in [2.45, 2.75) is 110 Å². The molecule has 3 saturated carbocycles. The third-order valence-corrected chi connectivity index (χ3v) is 10.2. The molecule has 0 saturated heterocycles. The van der Waals surface area contributed by atoms with Crippen molar-refractivity contribution in [2.75, 3.05) is 0 Å². The molecule has 0 aromatic carbocycles. The van der Waals surface area contributed by atoms with Gasteiger partial charge in [-0.15, -0.1) is 0 Å². The largest absolute Gasteiger partial charge is 0.458 e. The molecule has 202 valence electrons. The van der Waals surface area contributed by atoms with Crippen LogP contribution in [0, 0.1) is 34.5 Å². The Kier molecular flexibility index (Phi) is 6.97. The van der Waals surface area contributed by atoms with E-state index >= 15 is 0 Å². The lowest BCUT2D eigenvalue weighted by Gasteiger charge is -2.64. The van der Waals surface area contributed by atoms with Gasteiger partial charge in [0.15, 0.2) is 6.10 Å². The standard InChI is InChI=1S/C28H42O8/c1-14(2)22(32)25(33)36-24-23(35-16(4)30)21-20(8-7-17-13-18(31)9-11-26(17,21)5)28(34)12-10-19(15(3)29)27(24,28)6/h7,14,18-24,31-32,34H,8-13H2,1-6H3/t18-,19+,20+,21+,22?,23-,24+,26-,27-,28-/m0/s1. The SMILES string of the molecule is CC(=O)O[C@H]1[C@H]2[C@@H](CC=C3C[C@@H](O)CC[C@@]32C)[C@@]2(O)CC[C@H](C(C)=O)[C@@]2(C)[C@@H]1OC(=O)C(O)C(C)C. The molecule has 1 unspecified atom stereocenters.